The molecule has 1 aromatic rings. The lowest BCUT2D eigenvalue weighted by molar-refractivity contribution is -0.142. The maximum atomic E-state index is 12.6. The Hall–Kier alpha value is -1.40. The van der Waals surface area contributed by atoms with Gasteiger partial charge in [0, 0.05) is 0 Å². The van der Waals surface area contributed by atoms with Gasteiger partial charge in [-0.25, -0.2) is 8.93 Å². The molecular formula is C16H23NO4S. The lowest BCUT2D eigenvalue weighted by Gasteiger charge is -2.33. The van der Waals surface area contributed by atoms with Crippen molar-refractivity contribution in [1.82, 2.24) is 4.72 Å². The number of phenolic OH excluding ortho intramolecular Hbond substituents is 1. The molecule has 1 aliphatic carbocycles. The summed E-state index contributed by atoms with van der Waals surface area (Å²) in [4.78, 5) is 11.9. The minimum absolute atomic E-state index is 0.114. The Balaban J connectivity index is 2.42. The Bertz CT molecular complexity index is 609. The van der Waals surface area contributed by atoms with Crippen LogP contribution in [0.5, 0.6) is 5.75 Å². The highest BCUT2D eigenvalue weighted by Gasteiger charge is 2.43. The van der Waals surface area contributed by atoms with E-state index in [9.17, 15) is 14.1 Å². The molecule has 0 heterocycles. The number of hydrogen-bond donors (Lipinski definition) is 2. The molecule has 0 amide bonds. The molecule has 0 radical (unpaired) electrons. The highest BCUT2D eigenvalue weighted by Crippen LogP contribution is 2.41. The molecule has 0 saturated heterocycles. The number of carbonyl (C=O) groups excluding carboxylic acids is 1. The minimum Gasteiger partial charge on any atom is -0.508 e. The van der Waals surface area contributed by atoms with Gasteiger partial charge in [0.05, 0.1) is 34.8 Å². The van der Waals surface area contributed by atoms with Crippen LogP contribution in [-0.4, -0.2) is 27.1 Å². The second-order valence-electron chi connectivity index (χ2n) is 6.66. The number of ether oxygens (including phenoxy) is 1. The van der Waals surface area contributed by atoms with Gasteiger partial charge in [-0.1, -0.05) is 6.07 Å². The Labute approximate surface area is 133 Å². The van der Waals surface area contributed by atoms with Crippen molar-refractivity contribution < 1.29 is 18.8 Å². The van der Waals surface area contributed by atoms with Gasteiger partial charge in [-0.2, -0.15) is 0 Å². The number of hydrogen-bond acceptors (Lipinski definition) is 4. The summed E-state index contributed by atoms with van der Waals surface area (Å²) >= 11 is 0. The van der Waals surface area contributed by atoms with Gasteiger partial charge in [-0.15, -0.1) is 0 Å². The molecule has 122 valence electrons. The quantitative estimate of drug-likeness (QED) is 0.832. The molecule has 0 fully saturated rings. The van der Waals surface area contributed by atoms with Crippen molar-refractivity contribution >= 4 is 17.0 Å². The summed E-state index contributed by atoms with van der Waals surface area (Å²) in [6.07, 6.45) is 1.47. The Morgan fingerprint density at radius 1 is 1.45 bits per heavy atom. The summed E-state index contributed by atoms with van der Waals surface area (Å²) in [5.74, 6) is -0.149. The third-order valence-electron chi connectivity index (χ3n) is 3.94. The molecule has 0 aromatic heterocycles. The van der Waals surface area contributed by atoms with Gasteiger partial charge in [0.1, 0.15) is 5.75 Å². The van der Waals surface area contributed by atoms with Crippen molar-refractivity contribution in [2.24, 2.45) is 0 Å². The zero-order chi connectivity index (χ0) is 16.5. The third kappa shape index (κ3) is 3.33. The molecule has 0 aliphatic heterocycles. The first-order chi connectivity index (χ1) is 10.2. The van der Waals surface area contributed by atoms with Gasteiger partial charge in [-0.05, 0) is 56.9 Å². The highest BCUT2D eigenvalue weighted by molar-refractivity contribution is 7.84. The minimum atomic E-state index is -1.32. The zero-order valence-corrected chi connectivity index (χ0v) is 14.3. The second kappa shape index (κ2) is 6.01. The van der Waals surface area contributed by atoms with E-state index in [-0.39, 0.29) is 18.1 Å². The van der Waals surface area contributed by atoms with Gasteiger partial charge in [0.15, 0.2) is 0 Å². The van der Waals surface area contributed by atoms with Crippen molar-refractivity contribution in [1.29, 1.82) is 0 Å². The molecule has 6 heteroatoms. The van der Waals surface area contributed by atoms with E-state index in [0.29, 0.717) is 6.42 Å². The average molecular weight is 325 g/mol. The van der Waals surface area contributed by atoms with Crippen LogP contribution in [0, 0.1) is 0 Å². The van der Waals surface area contributed by atoms with Crippen molar-refractivity contribution in [3.63, 3.8) is 0 Å². The maximum Gasteiger partial charge on any atom is 0.307 e. The van der Waals surface area contributed by atoms with Crippen molar-refractivity contribution in [3.05, 3.63) is 29.3 Å². The number of aryl methyl sites for hydroxylation is 1. The first kappa shape index (κ1) is 17.0. The molecule has 2 rings (SSSR count). The molecule has 1 aromatic carbocycles. The van der Waals surface area contributed by atoms with Crippen molar-refractivity contribution in [2.45, 2.75) is 50.3 Å². The van der Waals surface area contributed by atoms with E-state index in [1.807, 2.05) is 20.8 Å². The van der Waals surface area contributed by atoms with Crippen molar-refractivity contribution in [3.8, 4) is 5.75 Å². The topological polar surface area (TPSA) is 75.6 Å². The molecule has 22 heavy (non-hydrogen) atoms. The first-order valence-corrected chi connectivity index (χ1v) is 8.42. The molecule has 1 aliphatic rings. The molecule has 0 saturated carbocycles. The predicted octanol–water partition coefficient (Wildman–Crippen LogP) is 2.15. The van der Waals surface area contributed by atoms with Gasteiger partial charge in [0.2, 0.25) is 0 Å². The van der Waals surface area contributed by atoms with Gasteiger partial charge < -0.3 is 9.84 Å². The number of carbonyl (C=O) groups is 1. The van der Waals surface area contributed by atoms with Crippen LogP contribution in [0.2, 0.25) is 0 Å². The monoisotopic (exact) mass is 325 g/mol. The number of aromatic hydroxyl groups is 1. The van der Waals surface area contributed by atoms with Crippen LogP contribution in [0.25, 0.3) is 0 Å². The van der Waals surface area contributed by atoms with E-state index in [1.54, 1.807) is 18.2 Å². The van der Waals surface area contributed by atoms with Gasteiger partial charge >= 0.3 is 5.97 Å². The third-order valence-corrected chi connectivity index (χ3v) is 5.63. The summed E-state index contributed by atoms with van der Waals surface area (Å²) in [6, 6.07) is 5.10. The number of rotatable bonds is 4. The lowest BCUT2D eigenvalue weighted by Crippen LogP contribution is -2.48. The number of fused-ring (bicyclic) bond motifs is 1. The summed E-state index contributed by atoms with van der Waals surface area (Å²) in [5.41, 5.74) is 1.17. The smallest absolute Gasteiger partial charge is 0.307 e. The summed E-state index contributed by atoms with van der Waals surface area (Å²) in [7, 11) is 0.0328. The highest BCUT2D eigenvalue weighted by atomic mass is 32.2. The fraction of sp³-hybridized carbons (Fsp3) is 0.562. The fourth-order valence-electron chi connectivity index (χ4n) is 2.71. The van der Waals surface area contributed by atoms with Crippen LogP contribution >= 0.6 is 0 Å². The fourth-order valence-corrected chi connectivity index (χ4v) is 3.66. The van der Waals surface area contributed by atoms with E-state index in [4.69, 9.17) is 4.74 Å². The molecule has 5 nitrogen and oxygen atoms in total. The zero-order valence-electron chi connectivity index (χ0n) is 13.4. The molecule has 2 atom stereocenters. The first-order valence-electron chi connectivity index (χ1n) is 7.27. The molecule has 0 bridgehead atoms. The SMILES string of the molecule is COC(=O)C[C@@]1(NS(=O)C(C)(C)C)CCc2cc(O)ccc21. The molecular weight excluding hydrogens is 302 g/mol. The predicted molar refractivity (Wildman–Crippen MR) is 85.8 cm³/mol. The van der Waals surface area contributed by atoms with Gasteiger partial charge in [-0.3, -0.25) is 4.79 Å². The van der Waals surface area contributed by atoms with E-state index in [1.165, 1.54) is 7.11 Å². The number of nitrogens with one attached hydrogen (secondary N) is 1. The molecule has 1 unspecified atom stereocenters. The van der Waals surface area contributed by atoms with Crippen LogP contribution in [0.1, 0.15) is 44.7 Å². The van der Waals surface area contributed by atoms with Crippen LogP contribution in [-0.2, 0) is 32.5 Å². The van der Waals surface area contributed by atoms with E-state index in [2.05, 4.69) is 4.72 Å². The van der Waals surface area contributed by atoms with Gasteiger partial charge in [0.25, 0.3) is 0 Å². The summed E-state index contributed by atoms with van der Waals surface area (Å²) < 4.78 is 20.1. The lowest BCUT2D eigenvalue weighted by atomic mass is 9.89. The maximum absolute atomic E-state index is 12.6. The Kier molecular flexibility index (Phi) is 4.63. The number of methoxy groups -OCH3 is 1. The van der Waals surface area contributed by atoms with E-state index in [0.717, 1.165) is 17.5 Å². The number of esters is 1. The van der Waals surface area contributed by atoms with E-state index < -0.39 is 21.3 Å². The largest absolute Gasteiger partial charge is 0.508 e. The summed E-state index contributed by atoms with van der Waals surface area (Å²) in [5, 5.41) is 9.63. The van der Waals surface area contributed by atoms with Crippen LogP contribution in [0.3, 0.4) is 0 Å². The average Bonchev–Trinajstić information content (AvgIpc) is 2.75. The molecule has 0 spiro atoms. The van der Waals surface area contributed by atoms with Crippen molar-refractivity contribution in [2.75, 3.05) is 7.11 Å². The standard InChI is InChI=1S/C16H23NO4S/c1-15(2,3)22(20)17-16(10-14(19)21-4)8-7-11-9-12(18)5-6-13(11)16/h5-6,9,17-18H,7-8,10H2,1-4H3/t16-,22?/m0/s1. The van der Waals surface area contributed by atoms with E-state index >= 15 is 0 Å². The molecule has 2 N–H and O–H groups in total. The Morgan fingerprint density at radius 2 is 2.14 bits per heavy atom. The second-order valence-corrected chi connectivity index (χ2v) is 8.63. The van der Waals surface area contributed by atoms with Crippen LogP contribution in [0.15, 0.2) is 18.2 Å². The number of phenols is 1. The summed E-state index contributed by atoms with van der Waals surface area (Å²) in [6.45, 7) is 5.65. The van der Waals surface area contributed by atoms with Crippen LogP contribution in [0.4, 0.5) is 0 Å². The number of benzene rings is 1. The normalized spacial score (nSPS) is 22.2. The van der Waals surface area contributed by atoms with Crippen LogP contribution < -0.4 is 4.72 Å². The Morgan fingerprint density at radius 3 is 2.73 bits per heavy atom.